The molecule has 0 atom stereocenters. The highest BCUT2D eigenvalue weighted by Crippen LogP contribution is 2.19. The lowest BCUT2D eigenvalue weighted by Gasteiger charge is -2.07. The molecule has 1 aromatic carbocycles. The van der Waals surface area contributed by atoms with Crippen LogP contribution in [0.1, 0.15) is 19.4 Å². The molecular weight excluding hydrogens is 218 g/mol. The number of nitrogens with two attached hydrogens (primary N) is 1. The molecule has 0 fully saturated rings. The molecule has 0 aliphatic carbocycles. The Balaban J connectivity index is 3.18. The number of hydrogen-bond acceptors (Lipinski definition) is 4. The second kappa shape index (κ2) is 5.84. The van der Waals surface area contributed by atoms with E-state index in [4.69, 9.17) is 10.5 Å². The fraction of sp³-hybridized carbons (Fsp3) is 0.231. The van der Waals surface area contributed by atoms with E-state index in [1.807, 2.05) is 0 Å². The fourth-order valence-electron chi connectivity index (χ4n) is 1.43. The number of aldehydes is 1. The summed E-state index contributed by atoms with van der Waals surface area (Å²) in [5.41, 5.74) is 7.37. The topological polar surface area (TPSA) is 69.4 Å². The Morgan fingerprint density at radius 1 is 1.47 bits per heavy atom. The molecule has 4 nitrogen and oxygen atoms in total. The molecule has 0 saturated carbocycles. The number of rotatable bonds is 4. The number of carbonyl (C=O) groups excluding carboxylic acids is 2. The van der Waals surface area contributed by atoms with Crippen molar-refractivity contribution in [1.29, 1.82) is 0 Å². The van der Waals surface area contributed by atoms with Gasteiger partial charge in [0.1, 0.15) is 0 Å². The van der Waals surface area contributed by atoms with Gasteiger partial charge in [-0.1, -0.05) is 12.1 Å². The number of allylic oxidation sites excluding steroid dienone is 1. The third kappa shape index (κ3) is 3.17. The first-order valence-corrected chi connectivity index (χ1v) is 5.29. The minimum atomic E-state index is -0.489. The van der Waals surface area contributed by atoms with Crippen molar-refractivity contribution in [2.24, 2.45) is 0 Å². The van der Waals surface area contributed by atoms with E-state index in [-0.39, 0.29) is 12.2 Å². The first-order valence-electron chi connectivity index (χ1n) is 5.29. The second-order valence-electron chi connectivity index (χ2n) is 3.50. The van der Waals surface area contributed by atoms with Crippen molar-refractivity contribution in [2.75, 3.05) is 12.3 Å². The van der Waals surface area contributed by atoms with Crippen LogP contribution in [0.5, 0.6) is 0 Å². The maximum Gasteiger partial charge on any atom is 0.334 e. The lowest BCUT2D eigenvalue weighted by Crippen LogP contribution is -2.08. The van der Waals surface area contributed by atoms with E-state index in [1.165, 1.54) is 0 Å². The molecule has 17 heavy (non-hydrogen) atoms. The van der Waals surface area contributed by atoms with Crippen LogP contribution in [0.25, 0.3) is 5.57 Å². The molecule has 0 unspecified atom stereocenters. The normalized spacial score (nSPS) is 11.6. The molecule has 4 heteroatoms. The molecule has 0 aliphatic heterocycles. The van der Waals surface area contributed by atoms with Crippen molar-refractivity contribution in [3.8, 4) is 0 Å². The van der Waals surface area contributed by atoms with Crippen LogP contribution in [0.15, 0.2) is 29.8 Å². The van der Waals surface area contributed by atoms with Gasteiger partial charge in [-0.3, -0.25) is 4.79 Å². The van der Waals surface area contributed by atoms with E-state index in [0.29, 0.717) is 23.1 Å². The maximum absolute atomic E-state index is 11.5. The molecule has 0 saturated heterocycles. The quantitative estimate of drug-likeness (QED) is 0.372. The van der Waals surface area contributed by atoms with Gasteiger partial charge in [0.25, 0.3) is 0 Å². The average Bonchev–Trinajstić information content (AvgIpc) is 2.30. The van der Waals surface area contributed by atoms with Crippen molar-refractivity contribution in [1.82, 2.24) is 0 Å². The third-order valence-electron chi connectivity index (χ3n) is 2.30. The summed E-state index contributed by atoms with van der Waals surface area (Å²) in [5.74, 6) is -0.489. The minimum absolute atomic E-state index is 0.277. The molecule has 0 radical (unpaired) electrons. The molecular formula is C13H15NO3. The zero-order valence-corrected chi connectivity index (χ0v) is 9.90. The zero-order valence-electron chi connectivity index (χ0n) is 9.90. The number of carbonyl (C=O) groups is 2. The van der Waals surface area contributed by atoms with Crippen LogP contribution in [0.2, 0.25) is 0 Å². The van der Waals surface area contributed by atoms with Crippen molar-refractivity contribution < 1.29 is 14.3 Å². The highest BCUT2D eigenvalue weighted by Gasteiger charge is 2.13. The van der Waals surface area contributed by atoms with E-state index in [9.17, 15) is 9.59 Å². The lowest BCUT2D eigenvalue weighted by molar-refractivity contribution is -0.138. The molecule has 0 bridgehead atoms. The van der Waals surface area contributed by atoms with Crippen LogP contribution >= 0.6 is 0 Å². The lowest BCUT2D eigenvalue weighted by atomic mass is 10.0. The SMILES string of the molecule is CCOC(=O)C(C)=C(C=O)c1cccc(N)c1. The Morgan fingerprint density at radius 2 is 2.18 bits per heavy atom. The Hall–Kier alpha value is -2.10. The van der Waals surface area contributed by atoms with Gasteiger partial charge in [-0.05, 0) is 31.5 Å². The van der Waals surface area contributed by atoms with Crippen LogP contribution in [0.3, 0.4) is 0 Å². The van der Waals surface area contributed by atoms with E-state index in [2.05, 4.69) is 0 Å². The summed E-state index contributed by atoms with van der Waals surface area (Å²) in [4.78, 5) is 22.6. The van der Waals surface area contributed by atoms with Crippen molar-refractivity contribution in [2.45, 2.75) is 13.8 Å². The predicted octanol–water partition coefficient (Wildman–Crippen LogP) is 1.80. The summed E-state index contributed by atoms with van der Waals surface area (Å²) < 4.78 is 4.85. The van der Waals surface area contributed by atoms with Crippen molar-refractivity contribution in [3.05, 3.63) is 35.4 Å². The van der Waals surface area contributed by atoms with Crippen LogP contribution < -0.4 is 5.73 Å². The number of anilines is 1. The first kappa shape index (κ1) is 13.0. The largest absolute Gasteiger partial charge is 0.463 e. The van der Waals surface area contributed by atoms with Crippen molar-refractivity contribution in [3.63, 3.8) is 0 Å². The van der Waals surface area contributed by atoms with E-state index in [0.717, 1.165) is 0 Å². The summed E-state index contributed by atoms with van der Waals surface area (Å²) in [7, 11) is 0. The molecule has 2 N–H and O–H groups in total. The molecule has 0 heterocycles. The third-order valence-corrected chi connectivity index (χ3v) is 2.30. The summed E-state index contributed by atoms with van der Waals surface area (Å²) in [5, 5.41) is 0. The van der Waals surface area contributed by atoms with Gasteiger partial charge in [-0.2, -0.15) is 0 Å². The van der Waals surface area contributed by atoms with Gasteiger partial charge < -0.3 is 10.5 Å². The molecule has 1 rings (SSSR count). The monoisotopic (exact) mass is 233 g/mol. The maximum atomic E-state index is 11.5. The summed E-state index contributed by atoms with van der Waals surface area (Å²) in [6.45, 7) is 3.55. The number of benzene rings is 1. The second-order valence-corrected chi connectivity index (χ2v) is 3.50. The van der Waals surface area contributed by atoms with E-state index in [1.54, 1.807) is 38.1 Å². The fourth-order valence-corrected chi connectivity index (χ4v) is 1.43. The number of hydrogen-bond donors (Lipinski definition) is 1. The Labute approximate surface area is 100 Å². The van der Waals surface area contributed by atoms with Crippen LogP contribution in [0, 0.1) is 0 Å². The van der Waals surface area contributed by atoms with Gasteiger partial charge in [0.2, 0.25) is 0 Å². The van der Waals surface area contributed by atoms with Gasteiger partial charge in [0.15, 0.2) is 6.29 Å². The molecule has 1 aromatic rings. The smallest absolute Gasteiger partial charge is 0.334 e. The molecule has 0 aliphatic rings. The van der Waals surface area contributed by atoms with E-state index >= 15 is 0 Å². The molecule has 90 valence electrons. The Kier molecular flexibility index (Phi) is 4.46. The van der Waals surface area contributed by atoms with Gasteiger partial charge >= 0.3 is 5.97 Å². The standard InChI is InChI=1S/C13H15NO3/c1-3-17-13(16)9(2)12(8-15)10-5-4-6-11(14)7-10/h4-8H,3,14H2,1-2H3. The summed E-state index contributed by atoms with van der Waals surface area (Å²) in [6, 6.07) is 6.81. The number of esters is 1. The molecule has 0 aromatic heterocycles. The highest BCUT2D eigenvalue weighted by atomic mass is 16.5. The van der Waals surface area contributed by atoms with Gasteiger partial charge in [0, 0.05) is 16.8 Å². The number of ether oxygens (including phenoxy) is 1. The van der Waals surface area contributed by atoms with Gasteiger partial charge in [-0.15, -0.1) is 0 Å². The van der Waals surface area contributed by atoms with E-state index < -0.39 is 5.97 Å². The molecule has 0 amide bonds. The van der Waals surface area contributed by atoms with Gasteiger partial charge in [-0.25, -0.2) is 4.79 Å². The van der Waals surface area contributed by atoms with Gasteiger partial charge in [0.05, 0.1) is 6.61 Å². The Morgan fingerprint density at radius 3 is 2.71 bits per heavy atom. The number of nitrogen functional groups attached to an aromatic ring is 1. The molecule has 0 spiro atoms. The van der Waals surface area contributed by atoms with Crippen LogP contribution in [0.4, 0.5) is 5.69 Å². The summed E-state index contributed by atoms with van der Waals surface area (Å²) >= 11 is 0. The Bertz CT molecular complexity index is 463. The first-order chi connectivity index (χ1) is 8.10. The van der Waals surface area contributed by atoms with Crippen molar-refractivity contribution >= 4 is 23.5 Å². The minimum Gasteiger partial charge on any atom is -0.463 e. The van der Waals surface area contributed by atoms with Crippen LogP contribution in [-0.2, 0) is 14.3 Å². The summed E-state index contributed by atoms with van der Waals surface area (Å²) in [6.07, 6.45) is 0.640. The van der Waals surface area contributed by atoms with Crippen LogP contribution in [-0.4, -0.2) is 18.9 Å². The highest BCUT2D eigenvalue weighted by molar-refractivity contribution is 6.15. The predicted molar refractivity (Wildman–Crippen MR) is 66.1 cm³/mol. The average molecular weight is 233 g/mol. The zero-order chi connectivity index (χ0) is 12.8.